The Labute approximate surface area is 121 Å². The first-order chi connectivity index (χ1) is 10.1. The van der Waals surface area contributed by atoms with Gasteiger partial charge in [0.05, 0.1) is 43.2 Å². The molecule has 2 aliphatic rings. The van der Waals surface area contributed by atoms with E-state index in [1.807, 2.05) is 28.8 Å². The molecule has 0 bridgehead atoms. The van der Waals surface area contributed by atoms with E-state index >= 15 is 0 Å². The van der Waals surface area contributed by atoms with Crippen molar-refractivity contribution in [2.75, 3.05) is 13.3 Å². The van der Waals surface area contributed by atoms with Crippen LogP contribution in [0.1, 0.15) is 24.4 Å². The van der Waals surface area contributed by atoms with Gasteiger partial charge in [0, 0.05) is 11.0 Å². The molecule has 0 spiro atoms. The fraction of sp³-hybridized carbons (Fsp3) is 0.438. The maximum absolute atomic E-state index is 13.1. The van der Waals surface area contributed by atoms with E-state index in [9.17, 15) is 13.9 Å². The van der Waals surface area contributed by atoms with Crippen LogP contribution in [0.5, 0.6) is 0 Å². The summed E-state index contributed by atoms with van der Waals surface area (Å²) < 4.78 is 28.1. The van der Waals surface area contributed by atoms with Crippen LogP contribution in [-0.4, -0.2) is 33.6 Å². The largest absolute Gasteiger partial charge is 0.387 e. The Kier molecular flexibility index (Phi) is 2.55. The summed E-state index contributed by atoms with van der Waals surface area (Å²) in [6.07, 6.45) is 3.73. The summed E-state index contributed by atoms with van der Waals surface area (Å²) >= 11 is 0. The number of benzene rings is 1. The van der Waals surface area contributed by atoms with Crippen molar-refractivity contribution in [3.05, 3.63) is 42.4 Å². The number of halogens is 2. The smallest absolute Gasteiger partial charge is 0.0977 e. The predicted molar refractivity (Wildman–Crippen MR) is 74.4 cm³/mol. The predicted octanol–water partition coefficient (Wildman–Crippen LogP) is 2.90. The van der Waals surface area contributed by atoms with Crippen molar-refractivity contribution in [3.8, 4) is 11.3 Å². The van der Waals surface area contributed by atoms with E-state index in [0.717, 1.165) is 16.8 Å². The summed E-state index contributed by atoms with van der Waals surface area (Å²) in [5.41, 5.74) is 0.866. The highest BCUT2D eigenvalue weighted by atomic mass is 19.1. The van der Waals surface area contributed by atoms with Crippen LogP contribution in [0.15, 0.2) is 36.8 Å². The monoisotopic (exact) mass is 290 g/mol. The first-order valence-electron chi connectivity index (χ1n) is 7.08. The number of fused-ring (bicyclic) bond motifs is 3. The van der Waals surface area contributed by atoms with Gasteiger partial charge >= 0.3 is 0 Å². The molecule has 3 nitrogen and oxygen atoms in total. The molecule has 0 saturated heterocycles. The highest BCUT2D eigenvalue weighted by Crippen LogP contribution is 2.58. The normalized spacial score (nSPS) is 24.2. The van der Waals surface area contributed by atoms with Crippen LogP contribution in [0.2, 0.25) is 0 Å². The van der Waals surface area contributed by atoms with Gasteiger partial charge in [-0.25, -0.2) is 4.98 Å². The van der Waals surface area contributed by atoms with E-state index in [1.165, 1.54) is 0 Å². The number of hydrogen-bond donors (Lipinski definition) is 1. The van der Waals surface area contributed by atoms with Crippen molar-refractivity contribution in [2.24, 2.45) is 5.41 Å². The summed E-state index contributed by atoms with van der Waals surface area (Å²) in [5, 5.41) is 10.9. The lowest BCUT2D eigenvalue weighted by Gasteiger charge is -2.53. The van der Waals surface area contributed by atoms with Gasteiger partial charge in [-0.3, -0.25) is 8.78 Å². The summed E-state index contributed by atoms with van der Waals surface area (Å²) in [4.78, 5) is 4.15. The molecule has 0 unspecified atom stereocenters. The molecule has 1 aromatic heterocycles. The van der Waals surface area contributed by atoms with Gasteiger partial charge in [0.2, 0.25) is 0 Å². The minimum absolute atomic E-state index is 0.142. The topological polar surface area (TPSA) is 38.1 Å². The number of nitrogens with zero attached hydrogens (tertiary/aromatic N) is 2. The van der Waals surface area contributed by atoms with Gasteiger partial charge in [-0.05, 0) is 18.4 Å². The molecule has 1 atom stereocenters. The summed E-state index contributed by atoms with van der Waals surface area (Å²) in [6, 6.07) is 7.51. The molecule has 110 valence electrons. The lowest BCUT2D eigenvalue weighted by atomic mass is 9.57. The van der Waals surface area contributed by atoms with Crippen LogP contribution >= 0.6 is 0 Å². The quantitative estimate of drug-likeness (QED) is 0.944. The van der Waals surface area contributed by atoms with Gasteiger partial charge in [-0.15, -0.1) is 0 Å². The highest BCUT2D eigenvalue weighted by Gasteiger charge is 2.60. The van der Waals surface area contributed by atoms with E-state index in [-0.39, 0.29) is 18.9 Å². The SMILES string of the molecule is OC1([C@@H]2c3ccccc3-c3cncn32)CC(CF)(CF)C1. The summed E-state index contributed by atoms with van der Waals surface area (Å²) in [6.45, 7) is -1.45. The molecule has 2 heterocycles. The lowest BCUT2D eigenvalue weighted by molar-refractivity contribution is -0.162. The van der Waals surface area contributed by atoms with Gasteiger partial charge < -0.3 is 9.67 Å². The second kappa shape index (κ2) is 4.13. The molecule has 0 amide bonds. The van der Waals surface area contributed by atoms with Crippen LogP contribution < -0.4 is 0 Å². The third-order valence-corrected chi connectivity index (χ3v) is 4.91. The Morgan fingerprint density at radius 1 is 1.24 bits per heavy atom. The average Bonchev–Trinajstić information content (AvgIpc) is 3.04. The molecular weight excluding hydrogens is 274 g/mol. The van der Waals surface area contributed by atoms with E-state index in [1.54, 1.807) is 12.5 Å². The van der Waals surface area contributed by atoms with Crippen LogP contribution in [-0.2, 0) is 0 Å². The second-order valence-corrected chi connectivity index (χ2v) is 6.40. The minimum atomic E-state index is -1.11. The fourth-order valence-electron chi connectivity index (χ4n) is 4.05. The molecule has 1 aliphatic heterocycles. The molecule has 2 aromatic rings. The molecular formula is C16H16F2N2O. The minimum Gasteiger partial charge on any atom is -0.387 e. The van der Waals surface area contributed by atoms with E-state index < -0.39 is 24.4 Å². The van der Waals surface area contributed by atoms with Gasteiger partial charge in [0.15, 0.2) is 0 Å². The van der Waals surface area contributed by atoms with Crippen molar-refractivity contribution in [2.45, 2.75) is 24.5 Å². The molecule has 4 rings (SSSR count). The third kappa shape index (κ3) is 1.58. The van der Waals surface area contributed by atoms with Gasteiger partial charge in [-0.2, -0.15) is 0 Å². The maximum Gasteiger partial charge on any atom is 0.0977 e. The van der Waals surface area contributed by atoms with Crippen LogP contribution in [0, 0.1) is 5.41 Å². The Morgan fingerprint density at radius 3 is 2.67 bits per heavy atom. The van der Waals surface area contributed by atoms with Crippen molar-refractivity contribution < 1.29 is 13.9 Å². The average molecular weight is 290 g/mol. The molecule has 21 heavy (non-hydrogen) atoms. The Morgan fingerprint density at radius 2 is 1.95 bits per heavy atom. The lowest BCUT2D eigenvalue weighted by Crippen LogP contribution is -2.58. The molecule has 0 radical (unpaired) electrons. The Balaban J connectivity index is 1.77. The number of hydrogen-bond acceptors (Lipinski definition) is 2. The Hall–Kier alpha value is -1.75. The number of rotatable bonds is 3. The molecule has 1 saturated carbocycles. The number of alkyl halides is 2. The standard InChI is InChI=1S/C16H16F2N2O/c17-8-15(9-18)6-16(21,7-15)14-12-4-2-1-3-11(12)13-5-19-10-20(13)14/h1-5,10,14,21H,6-9H2/t14-/m0/s1. The van der Waals surface area contributed by atoms with Crippen molar-refractivity contribution in [3.63, 3.8) is 0 Å². The molecule has 1 aliphatic carbocycles. The number of imidazole rings is 1. The maximum atomic E-state index is 13.1. The highest BCUT2D eigenvalue weighted by molar-refractivity contribution is 5.69. The zero-order valence-electron chi connectivity index (χ0n) is 11.5. The van der Waals surface area contributed by atoms with Crippen LogP contribution in [0.3, 0.4) is 0 Å². The van der Waals surface area contributed by atoms with Gasteiger partial charge in [0.1, 0.15) is 0 Å². The van der Waals surface area contributed by atoms with Crippen LogP contribution in [0.25, 0.3) is 11.3 Å². The fourth-order valence-corrected chi connectivity index (χ4v) is 4.05. The zero-order chi connectivity index (χ0) is 14.7. The van der Waals surface area contributed by atoms with Gasteiger partial charge in [0.25, 0.3) is 0 Å². The molecule has 5 heteroatoms. The van der Waals surface area contributed by atoms with Crippen molar-refractivity contribution in [1.82, 2.24) is 9.55 Å². The number of aliphatic hydroxyl groups is 1. The van der Waals surface area contributed by atoms with E-state index in [4.69, 9.17) is 0 Å². The molecule has 1 aromatic carbocycles. The first kappa shape index (κ1) is 13.0. The van der Waals surface area contributed by atoms with Crippen LogP contribution in [0.4, 0.5) is 8.78 Å². The van der Waals surface area contributed by atoms with Gasteiger partial charge in [-0.1, -0.05) is 24.3 Å². The first-order valence-corrected chi connectivity index (χ1v) is 7.08. The van der Waals surface area contributed by atoms with E-state index in [2.05, 4.69) is 4.98 Å². The second-order valence-electron chi connectivity index (χ2n) is 6.40. The number of aromatic nitrogens is 2. The zero-order valence-corrected chi connectivity index (χ0v) is 11.5. The van der Waals surface area contributed by atoms with Crippen molar-refractivity contribution >= 4 is 0 Å². The summed E-state index contributed by atoms with van der Waals surface area (Å²) in [7, 11) is 0. The summed E-state index contributed by atoms with van der Waals surface area (Å²) in [5.74, 6) is 0. The molecule has 1 N–H and O–H groups in total. The molecule has 1 fully saturated rings. The Bertz CT molecular complexity index is 685. The van der Waals surface area contributed by atoms with E-state index in [0.29, 0.717) is 0 Å². The third-order valence-electron chi connectivity index (χ3n) is 4.91. The van der Waals surface area contributed by atoms with Crippen molar-refractivity contribution in [1.29, 1.82) is 0 Å².